The van der Waals surface area contributed by atoms with E-state index in [1.807, 2.05) is 18.2 Å². The Kier molecular flexibility index (Phi) is 8.01. The van der Waals surface area contributed by atoms with Gasteiger partial charge >= 0.3 is 6.09 Å². The summed E-state index contributed by atoms with van der Waals surface area (Å²) in [6.45, 7) is 0. The number of hydrogen-bond acceptors (Lipinski definition) is 7. The Morgan fingerprint density at radius 3 is 2.88 bits per heavy atom. The number of carbonyl (C=O) groups is 3. The van der Waals surface area contributed by atoms with Crippen LogP contribution in [0, 0.1) is 5.92 Å². The van der Waals surface area contributed by atoms with E-state index >= 15 is 0 Å². The number of imidazole rings is 1. The number of methoxy groups -OCH3 is 1. The maximum atomic E-state index is 13.4. The number of aromatic amines is 1. The number of nitrogens with zero attached hydrogens (tertiary/aromatic N) is 2. The van der Waals surface area contributed by atoms with Gasteiger partial charge in [0.25, 0.3) is 0 Å². The van der Waals surface area contributed by atoms with E-state index in [4.69, 9.17) is 22.3 Å². The molecule has 2 bridgehead atoms. The highest BCUT2D eigenvalue weighted by Crippen LogP contribution is 2.36. The molecule has 3 aromatic rings. The number of carbonyl (C=O) groups excluding carboxylic acids is 3. The summed E-state index contributed by atoms with van der Waals surface area (Å²) in [7, 11) is 1.27. The van der Waals surface area contributed by atoms with Crippen LogP contribution in [0.5, 0.6) is 0 Å². The van der Waals surface area contributed by atoms with Gasteiger partial charge in [-0.1, -0.05) is 23.8 Å². The van der Waals surface area contributed by atoms with Crippen molar-refractivity contribution in [3.63, 3.8) is 0 Å². The largest absolute Gasteiger partial charge is 0.453 e. The number of anilines is 3. The monoisotopic (exact) mass is 563 g/mol. The van der Waals surface area contributed by atoms with Crippen molar-refractivity contribution in [1.29, 1.82) is 0 Å². The van der Waals surface area contributed by atoms with Crippen LogP contribution in [0.25, 0.3) is 11.3 Å². The molecule has 1 aromatic carbocycles. The van der Waals surface area contributed by atoms with Crippen LogP contribution in [0.1, 0.15) is 48.7 Å². The van der Waals surface area contributed by atoms with Gasteiger partial charge in [-0.25, -0.2) is 14.8 Å². The molecule has 0 spiro atoms. The normalized spacial score (nSPS) is 18.6. The summed E-state index contributed by atoms with van der Waals surface area (Å²) in [5, 5.41) is 8.91. The molecule has 3 amide bonds. The third-order valence-electron chi connectivity index (χ3n) is 7.15. The number of pyridine rings is 1. The fraction of sp³-hybridized carbons (Fsp3) is 0.321. The summed E-state index contributed by atoms with van der Waals surface area (Å²) in [6, 6.07) is 6.44. The number of nitrogen functional groups attached to an aromatic ring is 1. The first kappa shape index (κ1) is 27.2. The number of aromatic nitrogens is 3. The third kappa shape index (κ3) is 5.94. The van der Waals surface area contributed by atoms with E-state index in [0.29, 0.717) is 66.4 Å². The lowest BCUT2D eigenvalue weighted by molar-refractivity contribution is -0.126. The molecule has 2 atom stereocenters. The zero-order valence-corrected chi connectivity index (χ0v) is 22.7. The van der Waals surface area contributed by atoms with E-state index in [-0.39, 0.29) is 29.3 Å². The van der Waals surface area contributed by atoms with Gasteiger partial charge in [-0.3, -0.25) is 14.9 Å². The number of H-pyrrole nitrogens is 1. The summed E-state index contributed by atoms with van der Waals surface area (Å²) in [5.41, 5.74) is 9.92. The third-order valence-corrected chi connectivity index (χ3v) is 7.42. The van der Waals surface area contributed by atoms with Crippen LogP contribution >= 0.6 is 11.6 Å². The van der Waals surface area contributed by atoms with Gasteiger partial charge in [-0.05, 0) is 67.5 Å². The molecule has 2 aromatic heterocycles. The standard InChI is InChI=1S/C28H30ClN7O4/c1-40-28(39)32-17-8-10-19-21(14-17)33-22(37)6-4-2-3-5-20(26-35-23(19)24(29)36-26)34-27(38)16-7-9-18-15(13-16)11-12-31-25(18)30/h2-3,8,10-12,14,16,20H,4-7,9,13H2,1H3,(H2,30,31)(H,32,39)(H,33,37)(H,34,38)(H,35,36). The molecule has 0 saturated heterocycles. The minimum Gasteiger partial charge on any atom is -0.453 e. The molecule has 5 rings (SSSR count). The molecule has 208 valence electrons. The Hall–Kier alpha value is -4.38. The summed E-state index contributed by atoms with van der Waals surface area (Å²) < 4.78 is 4.67. The number of ether oxygens (including phenoxy) is 1. The first-order valence-electron chi connectivity index (χ1n) is 13.0. The minimum atomic E-state index is -0.638. The van der Waals surface area contributed by atoms with Gasteiger partial charge in [0.1, 0.15) is 22.5 Å². The SMILES string of the molecule is COC(=O)Nc1ccc2c(c1)NC(=O)CCC=CCC(NC(=O)C1CCc3c(ccnc3N)C1)c1nc-2c(Cl)[nH]1. The molecule has 11 nitrogen and oxygen atoms in total. The molecule has 40 heavy (non-hydrogen) atoms. The van der Waals surface area contributed by atoms with E-state index in [1.54, 1.807) is 24.4 Å². The maximum absolute atomic E-state index is 13.4. The average Bonchev–Trinajstić information content (AvgIpc) is 3.33. The second kappa shape index (κ2) is 11.8. The predicted molar refractivity (Wildman–Crippen MR) is 152 cm³/mol. The van der Waals surface area contributed by atoms with Gasteiger partial charge in [0.15, 0.2) is 0 Å². The number of nitrogens with one attached hydrogen (secondary N) is 4. The molecular formula is C28H30ClN7O4. The maximum Gasteiger partial charge on any atom is 0.411 e. The molecule has 2 unspecified atom stereocenters. The van der Waals surface area contributed by atoms with E-state index in [1.165, 1.54) is 7.11 Å². The Balaban J connectivity index is 1.43. The lowest BCUT2D eigenvalue weighted by atomic mass is 9.83. The van der Waals surface area contributed by atoms with Crippen molar-refractivity contribution in [2.24, 2.45) is 5.92 Å². The van der Waals surface area contributed by atoms with Gasteiger partial charge in [-0.15, -0.1) is 0 Å². The first-order chi connectivity index (χ1) is 19.3. The van der Waals surface area contributed by atoms with Crippen LogP contribution in [0.4, 0.5) is 22.0 Å². The Bertz CT molecular complexity index is 1490. The van der Waals surface area contributed by atoms with Gasteiger partial charge in [0.2, 0.25) is 11.8 Å². The second-order valence-electron chi connectivity index (χ2n) is 9.79. The lowest BCUT2D eigenvalue weighted by Gasteiger charge is -2.26. The average molecular weight is 564 g/mol. The smallest absolute Gasteiger partial charge is 0.411 e. The summed E-state index contributed by atoms with van der Waals surface area (Å²) >= 11 is 6.61. The fourth-order valence-corrected chi connectivity index (χ4v) is 5.30. The van der Waals surface area contributed by atoms with Crippen molar-refractivity contribution in [3.8, 4) is 11.3 Å². The van der Waals surface area contributed by atoms with Crippen molar-refractivity contribution in [2.75, 3.05) is 23.5 Å². The first-order valence-corrected chi connectivity index (χ1v) is 13.4. The molecule has 0 saturated carbocycles. The van der Waals surface area contributed by atoms with Crippen molar-refractivity contribution in [3.05, 3.63) is 64.7 Å². The van der Waals surface area contributed by atoms with E-state index in [9.17, 15) is 14.4 Å². The Morgan fingerprint density at radius 1 is 1.20 bits per heavy atom. The molecule has 1 aliphatic carbocycles. The topological polar surface area (TPSA) is 164 Å². The van der Waals surface area contributed by atoms with Gasteiger partial charge in [0.05, 0.1) is 18.8 Å². The fourth-order valence-electron chi connectivity index (χ4n) is 5.06. The zero-order valence-electron chi connectivity index (χ0n) is 21.9. The highest BCUT2D eigenvalue weighted by molar-refractivity contribution is 6.32. The van der Waals surface area contributed by atoms with Crippen LogP contribution in [-0.4, -0.2) is 40.0 Å². The molecule has 1 aliphatic heterocycles. The number of hydrogen-bond donors (Lipinski definition) is 5. The number of fused-ring (bicyclic) bond motifs is 5. The lowest BCUT2D eigenvalue weighted by Crippen LogP contribution is -2.37. The van der Waals surface area contributed by atoms with E-state index < -0.39 is 12.1 Å². The van der Waals surface area contributed by atoms with Gasteiger partial charge in [0, 0.05) is 29.8 Å². The van der Waals surface area contributed by atoms with Crippen molar-refractivity contribution in [1.82, 2.24) is 20.3 Å². The molecular weight excluding hydrogens is 534 g/mol. The minimum absolute atomic E-state index is 0.0754. The molecule has 0 fully saturated rings. The summed E-state index contributed by atoms with van der Waals surface area (Å²) in [5.74, 6) is 0.530. The number of benzene rings is 1. The van der Waals surface area contributed by atoms with Crippen LogP contribution in [-0.2, 0) is 27.2 Å². The van der Waals surface area contributed by atoms with Crippen LogP contribution in [0.2, 0.25) is 5.15 Å². The predicted octanol–water partition coefficient (Wildman–Crippen LogP) is 4.53. The van der Waals surface area contributed by atoms with Crippen molar-refractivity contribution >= 4 is 46.7 Å². The van der Waals surface area contributed by atoms with Crippen LogP contribution in [0.15, 0.2) is 42.6 Å². The number of halogens is 1. The number of amides is 3. The Labute approximate surface area is 235 Å². The highest BCUT2D eigenvalue weighted by atomic mass is 35.5. The number of allylic oxidation sites excluding steroid dienone is 1. The molecule has 2 aliphatic rings. The quantitative estimate of drug-likeness (QED) is 0.292. The molecule has 0 radical (unpaired) electrons. The van der Waals surface area contributed by atoms with E-state index in [2.05, 4.69) is 30.7 Å². The zero-order chi connectivity index (χ0) is 28.2. The summed E-state index contributed by atoms with van der Waals surface area (Å²) in [6.07, 6.45) is 8.05. The van der Waals surface area contributed by atoms with Crippen molar-refractivity contribution in [2.45, 2.75) is 44.6 Å². The second-order valence-corrected chi connectivity index (χ2v) is 10.2. The molecule has 12 heteroatoms. The van der Waals surface area contributed by atoms with E-state index in [0.717, 1.165) is 11.1 Å². The van der Waals surface area contributed by atoms with Gasteiger partial charge in [-0.2, -0.15) is 0 Å². The highest BCUT2D eigenvalue weighted by Gasteiger charge is 2.29. The molecule has 3 heterocycles. The number of nitrogens with two attached hydrogens (primary N) is 1. The summed E-state index contributed by atoms with van der Waals surface area (Å²) in [4.78, 5) is 49.9. The van der Waals surface area contributed by atoms with Gasteiger partial charge < -0.3 is 26.1 Å². The van der Waals surface area contributed by atoms with Crippen LogP contribution in [0.3, 0.4) is 0 Å². The number of rotatable bonds is 3. The van der Waals surface area contributed by atoms with Crippen LogP contribution < -0.4 is 21.7 Å². The molecule has 6 N–H and O–H groups in total. The Morgan fingerprint density at radius 2 is 2.05 bits per heavy atom. The van der Waals surface area contributed by atoms with Crippen molar-refractivity contribution < 1.29 is 19.1 Å².